The molecule has 1 aromatic carbocycles. The summed E-state index contributed by atoms with van der Waals surface area (Å²) in [5, 5.41) is 11.1. The summed E-state index contributed by atoms with van der Waals surface area (Å²) < 4.78 is 5.56. The number of rotatable bonds is 5. The zero-order chi connectivity index (χ0) is 14.6. The number of carbonyl (C=O) groups is 2. The second kappa shape index (κ2) is 6.22. The highest BCUT2D eigenvalue weighted by Gasteiger charge is 2.20. The van der Waals surface area contributed by atoms with E-state index in [4.69, 9.17) is 9.84 Å². The number of nitrogens with one attached hydrogen (secondary N) is 1. The van der Waals surface area contributed by atoms with Gasteiger partial charge in [-0.2, -0.15) is 0 Å². The number of hydrogen-bond acceptors (Lipinski definition) is 3. The molecule has 104 valence electrons. The van der Waals surface area contributed by atoms with Crippen molar-refractivity contribution in [2.24, 2.45) is 0 Å². The van der Waals surface area contributed by atoms with E-state index in [0.717, 1.165) is 11.1 Å². The van der Waals surface area contributed by atoms with Gasteiger partial charge in [0.1, 0.15) is 11.8 Å². The minimum atomic E-state index is -1.08. The van der Waals surface area contributed by atoms with Crippen molar-refractivity contribution >= 4 is 11.9 Å². The Hall–Kier alpha value is -2.04. The maximum Gasteiger partial charge on any atom is 0.325 e. The van der Waals surface area contributed by atoms with Gasteiger partial charge in [0.05, 0.1) is 0 Å². The minimum Gasteiger partial charge on any atom is -0.481 e. The molecule has 0 fully saturated rings. The third kappa shape index (κ3) is 4.28. The van der Waals surface area contributed by atoms with Gasteiger partial charge in [0.2, 0.25) is 0 Å². The molecule has 1 amide bonds. The normalized spacial score (nSPS) is 13.5. The number of aryl methyl sites for hydroxylation is 2. The largest absolute Gasteiger partial charge is 0.481 e. The summed E-state index contributed by atoms with van der Waals surface area (Å²) in [5.74, 6) is -0.895. The number of ether oxygens (including phenoxy) is 1. The molecule has 0 aliphatic rings. The van der Waals surface area contributed by atoms with Crippen molar-refractivity contribution in [2.45, 2.75) is 39.8 Å². The molecule has 0 spiro atoms. The summed E-state index contributed by atoms with van der Waals surface area (Å²) in [7, 11) is 0. The third-order valence-electron chi connectivity index (χ3n) is 2.75. The van der Waals surface area contributed by atoms with Crippen LogP contribution in [-0.4, -0.2) is 29.1 Å². The Morgan fingerprint density at radius 1 is 1.26 bits per heavy atom. The molecule has 5 nitrogen and oxygen atoms in total. The van der Waals surface area contributed by atoms with E-state index in [0.29, 0.717) is 5.75 Å². The van der Waals surface area contributed by atoms with Crippen LogP contribution in [0.3, 0.4) is 0 Å². The Morgan fingerprint density at radius 3 is 2.47 bits per heavy atom. The van der Waals surface area contributed by atoms with E-state index in [9.17, 15) is 9.59 Å². The molecule has 0 aliphatic carbocycles. The van der Waals surface area contributed by atoms with Gasteiger partial charge in [-0.05, 0) is 44.9 Å². The van der Waals surface area contributed by atoms with Crippen LogP contribution in [0.4, 0.5) is 0 Å². The van der Waals surface area contributed by atoms with Crippen LogP contribution < -0.4 is 10.1 Å². The summed E-state index contributed by atoms with van der Waals surface area (Å²) in [6, 6.07) is 4.78. The molecular weight excluding hydrogens is 246 g/mol. The van der Waals surface area contributed by atoms with Crippen molar-refractivity contribution in [3.8, 4) is 5.75 Å². The highest BCUT2D eigenvalue weighted by molar-refractivity contribution is 5.86. The number of amides is 1. The molecule has 2 N–H and O–H groups in total. The van der Waals surface area contributed by atoms with Gasteiger partial charge in [-0.3, -0.25) is 9.59 Å². The van der Waals surface area contributed by atoms with E-state index in [-0.39, 0.29) is 0 Å². The van der Waals surface area contributed by atoms with Crippen LogP contribution in [0.2, 0.25) is 0 Å². The van der Waals surface area contributed by atoms with Crippen molar-refractivity contribution < 1.29 is 19.4 Å². The average molecular weight is 265 g/mol. The Labute approximate surface area is 112 Å². The average Bonchev–Trinajstić information content (AvgIpc) is 2.33. The molecule has 0 radical (unpaired) electrons. The van der Waals surface area contributed by atoms with Gasteiger partial charge in [-0.25, -0.2) is 0 Å². The molecule has 0 unspecified atom stereocenters. The predicted octanol–water partition coefficient (Wildman–Crippen LogP) is 1.66. The second-order valence-electron chi connectivity index (χ2n) is 4.60. The molecule has 0 aliphatic heterocycles. The summed E-state index contributed by atoms with van der Waals surface area (Å²) in [6.45, 7) is 6.82. The van der Waals surface area contributed by atoms with Gasteiger partial charge in [0.25, 0.3) is 5.91 Å². The fourth-order valence-electron chi connectivity index (χ4n) is 1.47. The first-order chi connectivity index (χ1) is 8.81. The lowest BCUT2D eigenvalue weighted by Crippen LogP contribution is -2.44. The summed E-state index contributed by atoms with van der Waals surface area (Å²) in [6.07, 6.45) is -0.748. The number of benzene rings is 1. The fourth-order valence-corrected chi connectivity index (χ4v) is 1.47. The number of aliphatic carboxylic acids is 1. The van der Waals surface area contributed by atoms with Crippen LogP contribution in [0.25, 0.3) is 0 Å². The minimum absolute atomic E-state index is 0.448. The Kier molecular flexibility index (Phi) is 4.92. The van der Waals surface area contributed by atoms with Gasteiger partial charge in [0, 0.05) is 0 Å². The molecule has 1 aromatic rings. The smallest absolute Gasteiger partial charge is 0.325 e. The monoisotopic (exact) mass is 265 g/mol. The van der Waals surface area contributed by atoms with Crippen LogP contribution in [-0.2, 0) is 9.59 Å². The topological polar surface area (TPSA) is 75.6 Å². The van der Waals surface area contributed by atoms with Crippen LogP contribution in [0.5, 0.6) is 5.75 Å². The van der Waals surface area contributed by atoms with Crippen molar-refractivity contribution in [3.05, 3.63) is 29.3 Å². The van der Waals surface area contributed by atoms with Gasteiger partial charge in [0.15, 0.2) is 6.10 Å². The van der Waals surface area contributed by atoms with Gasteiger partial charge in [-0.1, -0.05) is 12.1 Å². The van der Waals surface area contributed by atoms with Crippen LogP contribution in [0.15, 0.2) is 18.2 Å². The quantitative estimate of drug-likeness (QED) is 0.849. The standard InChI is InChI=1S/C14H19NO4/c1-8-5-6-9(2)12(7-8)19-11(4)13(16)15-10(3)14(17)18/h5-7,10-11H,1-4H3,(H,15,16)(H,17,18)/t10-,11+/m0/s1. The number of carboxylic acid groups (broad SMARTS) is 1. The Morgan fingerprint density at radius 2 is 1.89 bits per heavy atom. The molecule has 1 rings (SSSR count). The van der Waals surface area contributed by atoms with E-state index in [1.807, 2.05) is 32.0 Å². The van der Waals surface area contributed by atoms with E-state index in [2.05, 4.69) is 5.32 Å². The summed E-state index contributed by atoms with van der Waals surface area (Å²) >= 11 is 0. The summed E-state index contributed by atoms with van der Waals surface area (Å²) in [4.78, 5) is 22.4. The molecule has 0 saturated heterocycles. The first kappa shape index (κ1) is 15.0. The van der Waals surface area contributed by atoms with E-state index in [1.165, 1.54) is 6.92 Å². The fraction of sp³-hybridized carbons (Fsp3) is 0.429. The van der Waals surface area contributed by atoms with Gasteiger partial charge in [-0.15, -0.1) is 0 Å². The van der Waals surface area contributed by atoms with Crippen LogP contribution >= 0.6 is 0 Å². The lowest BCUT2D eigenvalue weighted by Gasteiger charge is -2.18. The molecule has 0 bridgehead atoms. The molecule has 0 aromatic heterocycles. The predicted molar refractivity (Wildman–Crippen MR) is 71.2 cm³/mol. The first-order valence-corrected chi connectivity index (χ1v) is 6.08. The number of hydrogen-bond donors (Lipinski definition) is 2. The molecule has 2 atom stereocenters. The molecule has 0 heterocycles. The molecule has 0 saturated carbocycles. The van der Waals surface area contributed by atoms with Crippen molar-refractivity contribution in [1.82, 2.24) is 5.32 Å². The zero-order valence-electron chi connectivity index (χ0n) is 11.6. The Bertz CT molecular complexity index is 484. The third-order valence-corrected chi connectivity index (χ3v) is 2.75. The van der Waals surface area contributed by atoms with E-state index in [1.54, 1.807) is 6.92 Å². The van der Waals surface area contributed by atoms with Gasteiger partial charge >= 0.3 is 5.97 Å². The van der Waals surface area contributed by atoms with Crippen LogP contribution in [0, 0.1) is 13.8 Å². The molecule has 5 heteroatoms. The second-order valence-corrected chi connectivity index (χ2v) is 4.60. The van der Waals surface area contributed by atoms with Crippen molar-refractivity contribution in [2.75, 3.05) is 0 Å². The molecular formula is C14H19NO4. The number of carbonyl (C=O) groups excluding carboxylic acids is 1. The zero-order valence-corrected chi connectivity index (χ0v) is 11.6. The van der Waals surface area contributed by atoms with Crippen molar-refractivity contribution in [1.29, 1.82) is 0 Å². The van der Waals surface area contributed by atoms with Gasteiger partial charge < -0.3 is 15.2 Å². The van der Waals surface area contributed by atoms with Crippen molar-refractivity contribution in [3.63, 3.8) is 0 Å². The lowest BCUT2D eigenvalue weighted by molar-refractivity contribution is -0.142. The maximum atomic E-state index is 11.8. The van der Waals surface area contributed by atoms with E-state index < -0.39 is 24.0 Å². The SMILES string of the molecule is Cc1ccc(C)c(O[C@H](C)C(=O)N[C@@H](C)C(=O)O)c1. The van der Waals surface area contributed by atoms with E-state index >= 15 is 0 Å². The molecule has 19 heavy (non-hydrogen) atoms. The number of carboxylic acids is 1. The highest BCUT2D eigenvalue weighted by Crippen LogP contribution is 2.20. The first-order valence-electron chi connectivity index (χ1n) is 6.08. The Balaban J connectivity index is 2.68. The maximum absolute atomic E-state index is 11.8. The van der Waals surface area contributed by atoms with Crippen LogP contribution in [0.1, 0.15) is 25.0 Å². The lowest BCUT2D eigenvalue weighted by atomic mass is 10.1. The summed E-state index contributed by atoms with van der Waals surface area (Å²) in [5.41, 5.74) is 1.96. The highest BCUT2D eigenvalue weighted by atomic mass is 16.5.